The van der Waals surface area contributed by atoms with Crippen LogP contribution in [0.25, 0.3) is 0 Å². The number of piperidine rings is 1. The summed E-state index contributed by atoms with van der Waals surface area (Å²) < 4.78 is 27.1. The second-order valence-electron chi connectivity index (χ2n) is 6.23. The van der Waals surface area contributed by atoms with Gasteiger partial charge in [-0.05, 0) is 49.3 Å². The molecule has 118 valence electrons. The normalized spacial score (nSPS) is 22.4. The van der Waals surface area contributed by atoms with Crippen LogP contribution in [0.5, 0.6) is 0 Å². The molecule has 0 bridgehead atoms. The van der Waals surface area contributed by atoms with E-state index in [0.717, 1.165) is 18.4 Å². The highest BCUT2D eigenvalue weighted by molar-refractivity contribution is 7.89. The van der Waals surface area contributed by atoms with E-state index in [4.69, 9.17) is 0 Å². The molecule has 1 fully saturated rings. The predicted molar refractivity (Wildman–Crippen MR) is 83.7 cm³/mol. The lowest BCUT2D eigenvalue weighted by Crippen LogP contribution is -2.42. The van der Waals surface area contributed by atoms with Crippen molar-refractivity contribution in [2.75, 3.05) is 13.1 Å². The highest BCUT2D eigenvalue weighted by atomic mass is 32.2. The Labute approximate surface area is 127 Å². The number of benzene rings is 1. The Morgan fingerprint density at radius 1 is 1.29 bits per heavy atom. The molecule has 2 unspecified atom stereocenters. The van der Waals surface area contributed by atoms with Crippen molar-refractivity contribution in [1.82, 2.24) is 4.31 Å². The van der Waals surface area contributed by atoms with Gasteiger partial charge in [-0.3, -0.25) is 0 Å². The lowest BCUT2D eigenvalue weighted by Gasteiger charge is -2.33. The van der Waals surface area contributed by atoms with Crippen LogP contribution in [0.1, 0.15) is 45.1 Å². The largest absolute Gasteiger partial charge is 0.393 e. The Morgan fingerprint density at radius 3 is 2.62 bits per heavy atom. The molecule has 2 rings (SSSR count). The van der Waals surface area contributed by atoms with Crippen molar-refractivity contribution in [2.45, 2.75) is 50.5 Å². The highest BCUT2D eigenvalue weighted by Crippen LogP contribution is 2.27. The number of aliphatic hydroxyl groups excluding tert-OH is 1. The summed E-state index contributed by atoms with van der Waals surface area (Å²) in [5.74, 6) is 0.327. The first kappa shape index (κ1) is 16.5. The van der Waals surface area contributed by atoms with Crippen LogP contribution in [0.4, 0.5) is 0 Å². The van der Waals surface area contributed by atoms with Gasteiger partial charge >= 0.3 is 0 Å². The number of rotatable bonds is 4. The van der Waals surface area contributed by atoms with Crippen LogP contribution in [0.3, 0.4) is 0 Å². The summed E-state index contributed by atoms with van der Waals surface area (Å²) in [5.41, 5.74) is 1.03. The minimum Gasteiger partial charge on any atom is -0.393 e. The topological polar surface area (TPSA) is 57.6 Å². The Balaban J connectivity index is 2.27. The van der Waals surface area contributed by atoms with Gasteiger partial charge in [0, 0.05) is 13.1 Å². The lowest BCUT2D eigenvalue weighted by atomic mass is 9.95. The minimum atomic E-state index is -3.46. The number of hydrogen-bond acceptors (Lipinski definition) is 3. The molecule has 2 atom stereocenters. The second kappa shape index (κ2) is 6.46. The van der Waals surface area contributed by atoms with Gasteiger partial charge in [-0.15, -0.1) is 0 Å². The standard InChI is InChI=1S/C16H25NO3S/c1-12(2)14-6-4-8-16(10-14)21(19,20)17-9-5-7-15(11-17)13(3)18/h4,6,8,10,12-13,15,18H,5,7,9,11H2,1-3H3. The van der Waals surface area contributed by atoms with Crippen LogP contribution < -0.4 is 0 Å². The van der Waals surface area contributed by atoms with Crippen LogP contribution >= 0.6 is 0 Å². The van der Waals surface area contributed by atoms with E-state index in [1.165, 1.54) is 4.31 Å². The summed E-state index contributed by atoms with van der Waals surface area (Å²) in [7, 11) is -3.46. The van der Waals surface area contributed by atoms with Gasteiger partial charge < -0.3 is 5.11 Å². The molecule has 1 aliphatic heterocycles. The van der Waals surface area contributed by atoms with Crippen LogP contribution in [-0.2, 0) is 10.0 Å². The molecule has 0 aromatic heterocycles. The van der Waals surface area contributed by atoms with E-state index in [-0.39, 0.29) is 5.92 Å². The molecule has 0 spiro atoms. The Morgan fingerprint density at radius 2 is 2.00 bits per heavy atom. The van der Waals surface area contributed by atoms with E-state index in [2.05, 4.69) is 13.8 Å². The zero-order valence-corrected chi connectivity index (χ0v) is 13.8. The van der Waals surface area contributed by atoms with E-state index >= 15 is 0 Å². The molecule has 1 aliphatic rings. The Hall–Kier alpha value is -0.910. The SMILES string of the molecule is CC(C)c1cccc(S(=O)(=O)N2CCCC(C(C)O)C2)c1. The van der Waals surface area contributed by atoms with Gasteiger partial charge in [0.15, 0.2) is 0 Å². The lowest BCUT2D eigenvalue weighted by molar-refractivity contribution is 0.0885. The van der Waals surface area contributed by atoms with E-state index in [1.54, 1.807) is 25.1 Å². The van der Waals surface area contributed by atoms with E-state index < -0.39 is 16.1 Å². The van der Waals surface area contributed by atoms with E-state index in [1.807, 2.05) is 6.07 Å². The van der Waals surface area contributed by atoms with Gasteiger partial charge in [0.05, 0.1) is 11.0 Å². The maximum atomic E-state index is 12.8. The van der Waals surface area contributed by atoms with E-state index in [9.17, 15) is 13.5 Å². The van der Waals surface area contributed by atoms with Gasteiger partial charge in [0.2, 0.25) is 10.0 Å². The van der Waals surface area contributed by atoms with Gasteiger partial charge in [0.1, 0.15) is 0 Å². The third-order valence-electron chi connectivity index (χ3n) is 4.27. The van der Waals surface area contributed by atoms with Crippen molar-refractivity contribution < 1.29 is 13.5 Å². The zero-order chi connectivity index (χ0) is 15.6. The molecule has 1 aromatic rings. The fourth-order valence-electron chi connectivity index (χ4n) is 2.77. The van der Waals surface area contributed by atoms with Crippen LogP contribution in [0, 0.1) is 5.92 Å². The van der Waals surface area contributed by atoms with Crippen molar-refractivity contribution in [1.29, 1.82) is 0 Å². The fraction of sp³-hybridized carbons (Fsp3) is 0.625. The maximum Gasteiger partial charge on any atom is 0.243 e. The number of sulfonamides is 1. The molecule has 1 heterocycles. The van der Waals surface area contributed by atoms with Crippen LogP contribution in [0.15, 0.2) is 29.2 Å². The van der Waals surface area contributed by atoms with Crippen molar-refractivity contribution in [3.8, 4) is 0 Å². The van der Waals surface area contributed by atoms with Crippen molar-refractivity contribution >= 4 is 10.0 Å². The number of hydrogen-bond donors (Lipinski definition) is 1. The summed E-state index contributed by atoms with van der Waals surface area (Å²) in [6, 6.07) is 7.19. The van der Waals surface area contributed by atoms with Gasteiger partial charge in [-0.25, -0.2) is 8.42 Å². The molecule has 5 heteroatoms. The third-order valence-corrected chi connectivity index (χ3v) is 6.13. The summed E-state index contributed by atoms with van der Waals surface area (Å²) in [6.45, 7) is 6.79. The number of nitrogens with zero attached hydrogens (tertiary/aromatic N) is 1. The van der Waals surface area contributed by atoms with Gasteiger partial charge in [0.25, 0.3) is 0 Å². The number of aliphatic hydroxyl groups is 1. The second-order valence-corrected chi connectivity index (χ2v) is 8.17. The van der Waals surface area contributed by atoms with Crippen molar-refractivity contribution in [3.63, 3.8) is 0 Å². The molecule has 0 radical (unpaired) electrons. The third kappa shape index (κ3) is 3.65. The van der Waals surface area contributed by atoms with Gasteiger partial charge in [-0.2, -0.15) is 4.31 Å². The first-order valence-electron chi connectivity index (χ1n) is 7.60. The fourth-order valence-corrected chi connectivity index (χ4v) is 4.36. The molecule has 1 saturated heterocycles. The summed E-state index contributed by atoms with van der Waals surface area (Å²) in [6.07, 6.45) is 1.22. The molecule has 1 aromatic carbocycles. The molecule has 21 heavy (non-hydrogen) atoms. The monoisotopic (exact) mass is 311 g/mol. The molecule has 0 amide bonds. The highest BCUT2D eigenvalue weighted by Gasteiger charge is 2.32. The molecule has 4 nitrogen and oxygen atoms in total. The summed E-state index contributed by atoms with van der Waals surface area (Å²) in [5, 5.41) is 9.73. The van der Waals surface area contributed by atoms with Crippen molar-refractivity contribution in [2.24, 2.45) is 5.92 Å². The van der Waals surface area contributed by atoms with Crippen LogP contribution in [0.2, 0.25) is 0 Å². The molecular weight excluding hydrogens is 286 g/mol. The van der Waals surface area contributed by atoms with E-state index in [0.29, 0.717) is 23.9 Å². The molecule has 1 N–H and O–H groups in total. The zero-order valence-electron chi connectivity index (χ0n) is 13.0. The average Bonchev–Trinajstić information content (AvgIpc) is 2.47. The minimum absolute atomic E-state index is 0.0295. The Kier molecular flexibility index (Phi) is 5.07. The molecular formula is C16H25NO3S. The first-order valence-corrected chi connectivity index (χ1v) is 9.04. The van der Waals surface area contributed by atoms with Crippen molar-refractivity contribution in [3.05, 3.63) is 29.8 Å². The van der Waals surface area contributed by atoms with Crippen LogP contribution in [-0.4, -0.2) is 37.0 Å². The summed E-state index contributed by atoms with van der Waals surface area (Å²) >= 11 is 0. The quantitative estimate of drug-likeness (QED) is 0.930. The summed E-state index contributed by atoms with van der Waals surface area (Å²) in [4.78, 5) is 0.361. The molecule has 0 aliphatic carbocycles. The maximum absolute atomic E-state index is 12.8. The molecule has 0 saturated carbocycles. The predicted octanol–water partition coefficient (Wildman–Crippen LogP) is 2.59. The van der Waals surface area contributed by atoms with Gasteiger partial charge in [-0.1, -0.05) is 26.0 Å². The Bertz CT molecular complexity index is 581. The average molecular weight is 311 g/mol. The smallest absolute Gasteiger partial charge is 0.243 e. The first-order chi connectivity index (χ1) is 9.82.